The van der Waals surface area contributed by atoms with Crippen LogP contribution >= 0.6 is 23.2 Å². The highest BCUT2D eigenvalue weighted by Crippen LogP contribution is 2.42. The number of carbonyl (C=O) groups is 2. The predicted octanol–water partition coefficient (Wildman–Crippen LogP) is 9.08. The molecule has 1 unspecified atom stereocenters. The quantitative estimate of drug-likeness (QED) is 0.0948. The van der Waals surface area contributed by atoms with Crippen LogP contribution < -0.4 is 24.8 Å². The van der Waals surface area contributed by atoms with Crippen LogP contribution in [0, 0.1) is 18.3 Å². The highest BCUT2D eigenvalue weighted by atomic mass is 35.5. The lowest BCUT2D eigenvalue weighted by Crippen LogP contribution is -2.55. The standard InChI is InChI=1S/C50H45Cl2N5O8S/c1-29(2)54-48-19-18-47(30(3)55-48)66(61,62)57-26-38-24-45-44(64-28-46(65-45)36-13-15-39(16-14-36)63-27-33-8-17-40(51)41(52)20-33)23-37(38)22-43(57)49(58)56-42(50(59)60)21-31-4-9-34(10-5-31)35-11-6-32(25-53)7-12-35/h4-20,23-24,29,42-43,46H,21-22,26-28H2,1-3H3,(H,54,55)(H,56,58)(H,59,60)/t42?,43-,46+/m0/s1. The summed E-state index contributed by atoms with van der Waals surface area (Å²) < 4.78 is 49.2. The summed E-state index contributed by atoms with van der Waals surface area (Å²) in [5, 5.41) is 26.3. The Morgan fingerprint density at radius 1 is 0.894 bits per heavy atom. The van der Waals surface area contributed by atoms with Crippen LogP contribution in [-0.4, -0.2) is 59.4 Å². The molecular formula is C50H45Cl2N5O8S. The Morgan fingerprint density at radius 3 is 2.23 bits per heavy atom. The van der Waals surface area contributed by atoms with Gasteiger partial charge in [0.25, 0.3) is 0 Å². The molecule has 3 heterocycles. The fraction of sp³-hybridized carbons (Fsp3) is 0.240. The van der Waals surface area contributed by atoms with E-state index in [9.17, 15) is 23.1 Å². The molecule has 3 atom stereocenters. The van der Waals surface area contributed by atoms with Gasteiger partial charge in [-0.1, -0.05) is 77.8 Å². The normalized spacial score (nSPS) is 16.1. The molecule has 0 saturated heterocycles. The summed E-state index contributed by atoms with van der Waals surface area (Å²) in [5.41, 5.74) is 6.09. The number of amides is 1. The molecule has 16 heteroatoms. The molecule has 8 rings (SSSR count). The van der Waals surface area contributed by atoms with Crippen molar-refractivity contribution in [2.24, 2.45) is 0 Å². The van der Waals surface area contributed by atoms with E-state index >= 15 is 0 Å². The number of carboxylic acids is 1. The fourth-order valence-electron chi connectivity index (χ4n) is 7.94. The first-order chi connectivity index (χ1) is 31.6. The SMILES string of the molecule is Cc1nc(NC(C)C)ccc1S(=O)(=O)N1Cc2cc3c(cc2C[C@H]1C(=O)NC(Cc1ccc(-c2ccc(C#N)cc2)cc1)C(=O)O)OC[C@H](c1ccc(OCc2ccc(Cl)c(Cl)c2)cc1)O3. The van der Waals surface area contributed by atoms with Crippen LogP contribution in [0.15, 0.2) is 120 Å². The van der Waals surface area contributed by atoms with Gasteiger partial charge < -0.3 is 30.0 Å². The molecule has 0 spiro atoms. The number of anilines is 1. The summed E-state index contributed by atoms with van der Waals surface area (Å²) in [5.74, 6) is -0.0761. The van der Waals surface area contributed by atoms with Gasteiger partial charge in [-0.25, -0.2) is 18.2 Å². The molecule has 0 fully saturated rings. The van der Waals surface area contributed by atoms with Crippen molar-refractivity contribution in [2.75, 3.05) is 11.9 Å². The molecule has 0 aliphatic carbocycles. The van der Waals surface area contributed by atoms with E-state index in [0.29, 0.717) is 62.0 Å². The number of ether oxygens (including phenoxy) is 3. The van der Waals surface area contributed by atoms with Crippen LogP contribution in [0.1, 0.15) is 59.0 Å². The number of rotatable bonds is 14. The second-order valence-corrected chi connectivity index (χ2v) is 19.1. The number of aliphatic carboxylic acids is 1. The Labute approximate surface area is 392 Å². The number of carboxylic acid groups (broad SMARTS) is 1. The van der Waals surface area contributed by atoms with E-state index in [0.717, 1.165) is 26.6 Å². The lowest BCUT2D eigenvalue weighted by atomic mass is 9.93. The summed E-state index contributed by atoms with van der Waals surface area (Å²) in [6.45, 7) is 5.73. The molecule has 5 aromatic carbocycles. The third-order valence-electron chi connectivity index (χ3n) is 11.4. The number of nitrogens with zero attached hydrogens (tertiary/aromatic N) is 3. The number of fused-ring (bicyclic) bond motifs is 2. The maximum absolute atomic E-state index is 14.7. The van der Waals surface area contributed by atoms with Crippen molar-refractivity contribution in [3.05, 3.63) is 164 Å². The topological polar surface area (TPSA) is 180 Å². The number of carbonyl (C=O) groups excluding carboxylic acids is 1. The second-order valence-electron chi connectivity index (χ2n) is 16.4. The smallest absolute Gasteiger partial charge is 0.326 e. The molecule has 0 bridgehead atoms. The maximum Gasteiger partial charge on any atom is 0.326 e. The van der Waals surface area contributed by atoms with E-state index in [1.165, 1.54) is 6.07 Å². The first-order valence-corrected chi connectivity index (χ1v) is 23.4. The first-order valence-electron chi connectivity index (χ1n) is 21.2. The fourth-order valence-corrected chi connectivity index (χ4v) is 9.99. The zero-order chi connectivity index (χ0) is 46.7. The van der Waals surface area contributed by atoms with Gasteiger partial charge in [0.15, 0.2) is 17.6 Å². The Bertz CT molecular complexity index is 2940. The average molecular weight is 947 g/mol. The first kappa shape index (κ1) is 45.9. The maximum atomic E-state index is 14.7. The number of hydrogen-bond acceptors (Lipinski definition) is 10. The van der Waals surface area contributed by atoms with Gasteiger partial charge in [0, 0.05) is 19.0 Å². The highest BCUT2D eigenvalue weighted by Gasteiger charge is 2.42. The van der Waals surface area contributed by atoms with E-state index in [2.05, 4.69) is 21.7 Å². The largest absolute Gasteiger partial charge is 0.489 e. The second kappa shape index (κ2) is 19.5. The van der Waals surface area contributed by atoms with E-state index in [1.54, 1.807) is 61.5 Å². The molecule has 6 aromatic rings. The molecule has 2 aliphatic heterocycles. The van der Waals surface area contributed by atoms with Crippen molar-refractivity contribution in [3.63, 3.8) is 0 Å². The van der Waals surface area contributed by atoms with Crippen LogP contribution in [0.2, 0.25) is 10.0 Å². The molecule has 2 aliphatic rings. The Balaban J connectivity index is 1.03. The molecule has 66 heavy (non-hydrogen) atoms. The van der Waals surface area contributed by atoms with Gasteiger partial charge in [-0.05, 0) is 127 Å². The Morgan fingerprint density at radius 2 is 1.58 bits per heavy atom. The number of sulfonamides is 1. The number of aryl methyl sites for hydroxylation is 1. The third kappa shape index (κ3) is 10.2. The number of nitriles is 1. The minimum atomic E-state index is -4.41. The number of nitrogens with one attached hydrogen (secondary N) is 2. The lowest BCUT2D eigenvalue weighted by Gasteiger charge is -2.37. The number of halogens is 2. The van der Waals surface area contributed by atoms with Crippen molar-refractivity contribution in [2.45, 2.75) is 75.9 Å². The molecule has 0 saturated carbocycles. The van der Waals surface area contributed by atoms with Gasteiger partial charge in [0.1, 0.15) is 41.8 Å². The van der Waals surface area contributed by atoms with E-state index < -0.39 is 40.1 Å². The van der Waals surface area contributed by atoms with Gasteiger partial charge in [-0.2, -0.15) is 9.57 Å². The zero-order valence-corrected chi connectivity index (χ0v) is 38.5. The number of pyridine rings is 1. The molecule has 1 aromatic heterocycles. The molecular weight excluding hydrogens is 902 g/mol. The molecule has 338 valence electrons. The van der Waals surface area contributed by atoms with Crippen molar-refractivity contribution >= 4 is 50.9 Å². The minimum absolute atomic E-state index is 0.0463. The molecule has 1 amide bonds. The van der Waals surface area contributed by atoms with Crippen molar-refractivity contribution in [1.29, 1.82) is 5.26 Å². The van der Waals surface area contributed by atoms with Gasteiger partial charge >= 0.3 is 5.97 Å². The number of aromatic nitrogens is 1. The zero-order valence-electron chi connectivity index (χ0n) is 36.1. The predicted molar refractivity (Wildman–Crippen MR) is 250 cm³/mol. The average Bonchev–Trinajstić information content (AvgIpc) is 3.30. The van der Waals surface area contributed by atoms with Crippen LogP contribution in [0.5, 0.6) is 17.2 Å². The summed E-state index contributed by atoms with van der Waals surface area (Å²) >= 11 is 12.2. The lowest BCUT2D eigenvalue weighted by molar-refractivity contribution is -0.142. The summed E-state index contributed by atoms with van der Waals surface area (Å²) in [6.07, 6.45) is -0.629. The summed E-state index contributed by atoms with van der Waals surface area (Å²) in [7, 11) is -4.41. The van der Waals surface area contributed by atoms with Gasteiger partial charge in [-0.3, -0.25) is 4.79 Å². The molecule has 13 nitrogen and oxygen atoms in total. The minimum Gasteiger partial charge on any atom is -0.489 e. The van der Waals surface area contributed by atoms with Crippen LogP contribution in [0.3, 0.4) is 0 Å². The monoisotopic (exact) mass is 945 g/mol. The molecule has 3 N–H and O–H groups in total. The van der Waals surface area contributed by atoms with E-state index in [1.807, 2.05) is 68.4 Å². The van der Waals surface area contributed by atoms with Gasteiger partial charge in [0.05, 0.1) is 27.4 Å². The highest BCUT2D eigenvalue weighted by molar-refractivity contribution is 7.89. The van der Waals surface area contributed by atoms with Gasteiger partial charge in [-0.15, -0.1) is 0 Å². The van der Waals surface area contributed by atoms with Crippen molar-refractivity contribution in [3.8, 4) is 34.4 Å². The van der Waals surface area contributed by atoms with E-state index in [-0.39, 0.29) is 42.6 Å². The third-order valence-corrected chi connectivity index (χ3v) is 14.1. The van der Waals surface area contributed by atoms with Gasteiger partial charge in [0.2, 0.25) is 15.9 Å². The number of hydrogen-bond donors (Lipinski definition) is 3. The summed E-state index contributed by atoms with van der Waals surface area (Å²) in [6, 6.07) is 33.0. The Hall–Kier alpha value is -6.63. The Kier molecular flexibility index (Phi) is 13.5. The summed E-state index contributed by atoms with van der Waals surface area (Å²) in [4.78, 5) is 31.5. The van der Waals surface area contributed by atoms with Crippen LogP contribution in [0.4, 0.5) is 5.82 Å². The van der Waals surface area contributed by atoms with Crippen LogP contribution in [0.25, 0.3) is 11.1 Å². The van der Waals surface area contributed by atoms with Crippen molar-refractivity contribution in [1.82, 2.24) is 14.6 Å². The van der Waals surface area contributed by atoms with Crippen molar-refractivity contribution < 1.29 is 37.3 Å². The number of benzene rings is 5. The molecule has 0 radical (unpaired) electrons. The van der Waals surface area contributed by atoms with Crippen LogP contribution in [-0.2, 0) is 45.6 Å². The van der Waals surface area contributed by atoms with E-state index in [4.69, 9.17) is 42.7 Å².